The van der Waals surface area contributed by atoms with Crippen LogP contribution in [0.4, 0.5) is 0 Å². The van der Waals surface area contributed by atoms with Crippen molar-refractivity contribution in [1.29, 1.82) is 0 Å². The van der Waals surface area contributed by atoms with Crippen molar-refractivity contribution in [2.45, 2.75) is 78.1 Å². The third kappa shape index (κ3) is 4.64. The molecule has 1 rings (SSSR count). The fourth-order valence-electron chi connectivity index (χ4n) is 2.99. The first-order valence-electron chi connectivity index (χ1n) is 8.31. The molecule has 0 radical (unpaired) electrons. The van der Waals surface area contributed by atoms with E-state index >= 15 is 0 Å². The summed E-state index contributed by atoms with van der Waals surface area (Å²) in [6.07, 6.45) is 17.3. The molecule has 116 valence electrons. The number of aliphatic hydroxyl groups excluding tert-OH is 1. The molecule has 0 aliphatic carbocycles. The first-order valence-corrected chi connectivity index (χ1v) is 8.31. The summed E-state index contributed by atoms with van der Waals surface area (Å²) in [5, 5.41) is 13.5. The van der Waals surface area contributed by atoms with Gasteiger partial charge in [-0.05, 0) is 32.6 Å². The minimum Gasteiger partial charge on any atom is -0.345 e. The molecule has 3 atom stereocenters. The highest BCUT2D eigenvalue weighted by atomic mass is 16.3. The number of nitrogens with one attached hydrogen (secondary N) is 1. The van der Waals surface area contributed by atoms with Gasteiger partial charge in [0.25, 0.3) is 0 Å². The Balaban J connectivity index is 2.23. The summed E-state index contributed by atoms with van der Waals surface area (Å²) in [6.45, 7) is 7.21. The number of hydrogen-bond acceptors (Lipinski definition) is 2. The molecular formula is C17H33N2O+. The van der Waals surface area contributed by atoms with E-state index in [0.29, 0.717) is 10.6 Å². The topological polar surface area (TPSA) is 32.3 Å². The van der Waals surface area contributed by atoms with Gasteiger partial charge in [0, 0.05) is 13.3 Å². The Kier molecular flexibility index (Phi) is 7.93. The van der Waals surface area contributed by atoms with E-state index in [4.69, 9.17) is 0 Å². The van der Waals surface area contributed by atoms with E-state index in [1.807, 2.05) is 13.1 Å². The van der Waals surface area contributed by atoms with Crippen molar-refractivity contribution in [2.75, 3.05) is 6.54 Å². The first-order chi connectivity index (χ1) is 9.67. The van der Waals surface area contributed by atoms with Gasteiger partial charge >= 0.3 is 0 Å². The lowest BCUT2D eigenvalue weighted by molar-refractivity contribution is -0.942. The van der Waals surface area contributed by atoms with Crippen LogP contribution in [0, 0.1) is 0 Å². The van der Waals surface area contributed by atoms with Crippen LogP contribution in [0.3, 0.4) is 0 Å². The van der Waals surface area contributed by atoms with Crippen molar-refractivity contribution in [3.05, 3.63) is 24.6 Å². The summed E-state index contributed by atoms with van der Waals surface area (Å²) in [4.78, 5) is 0. The number of quaternary nitrogens is 1. The minimum atomic E-state index is -0.342. The van der Waals surface area contributed by atoms with Crippen molar-refractivity contribution in [3.63, 3.8) is 0 Å². The van der Waals surface area contributed by atoms with E-state index in [9.17, 15) is 5.11 Å². The number of unbranched alkanes of at least 4 members (excludes halogenated alkanes) is 4. The second-order valence-electron chi connectivity index (χ2n) is 5.84. The Morgan fingerprint density at radius 1 is 1.20 bits per heavy atom. The average Bonchev–Trinajstić information content (AvgIpc) is 2.86. The van der Waals surface area contributed by atoms with Gasteiger partial charge in [0.15, 0.2) is 12.4 Å². The zero-order valence-corrected chi connectivity index (χ0v) is 13.5. The molecule has 1 heterocycles. The summed E-state index contributed by atoms with van der Waals surface area (Å²) < 4.78 is 0.659. The van der Waals surface area contributed by atoms with Gasteiger partial charge in [-0.3, -0.25) is 4.48 Å². The number of allylic oxidation sites excluding steroid dienone is 2. The molecule has 0 bridgehead atoms. The summed E-state index contributed by atoms with van der Waals surface area (Å²) in [5.41, 5.74) is 0. The van der Waals surface area contributed by atoms with E-state index < -0.39 is 0 Å². The molecule has 1 aliphatic rings. The molecule has 0 amide bonds. The van der Waals surface area contributed by atoms with Gasteiger partial charge in [-0.15, -0.1) is 0 Å². The third-order valence-corrected chi connectivity index (χ3v) is 4.45. The van der Waals surface area contributed by atoms with Gasteiger partial charge in [-0.25, -0.2) is 0 Å². The van der Waals surface area contributed by atoms with E-state index in [-0.39, 0.29) is 6.23 Å². The predicted octanol–water partition coefficient (Wildman–Crippen LogP) is 3.87. The SMILES string of the molecule is CCCC/C=C/CCCCC1NC=C[N+]1(CC)C(C)O. The van der Waals surface area contributed by atoms with E-state index in [2.05, 4.69) is 37.5 Å². The molecular weight excluding hydrogens is 248 g/mol. The molecule has 0 aromatic carbocycles. The van der Waals surface area contributed by atoms with Gasteiger partial charge in [0.2, 0.25) is 0 Å². The van der Waals surface area contributed by atoms with Crippen molar-refractivity contribution >= 4 is 0 Å². The number of aliphatic hydroxyl groups is 1. The molecule has 0 saturated carbocycles. The molecule has 0 aromatic heterocycles. The third-order valence-electron chi connectivity index (χ3n) is 4.45. The van der Waals surface area contributed by atoms with Crippen LogP contribution in [-0.4, -0.2) is 28.5 Å². The monoisotopic (exact) mass is 281 g/mol. The highest BCUT2D eigenvalue weighted by Crippen LogP contribution is 2.25. The Morgan fingerprint density at radius 3 is 2.50 bits per heavy atom. The molecule has 0 spiro atoms. The van der Waals surface area contributed by atoms with Crippen LogP contribution < -0.4 is 5.32 Å². The molecule has 3 heteroatoms. The Morgan fingerprint density at radius 2 is 1.90 bits per heavy atom. The maximum atomic E-state index is 10.1. The molecule has 1 aliphatic heterocycles. The number of hydrogen-bond donors (Lipinski definition) is 2. The molecule has 0 fully saturated rings. The fraction of sp³-hybridized carbons (Fsp3) is 0.765. The normalized spacial score (nSPS) is 27.1. The summed E-state index contributed by atoms with van der Waals surface area (Å²) in [5.74, 6) is 0. The largest absolute Gasteiger partial charge is 0.345 e. The highest BCUT2D eigenvalue weighted by molar-refractivity contribution is 4.85. The van der Waals surface area contributed by atoms with Gasteiger partial charge in [0.05, 0.1) is 12.7 Å². The van der Waals surface area contributed by atoms with E-state index in [1.165, 1.54) is 38.5 Å². The van der Waals surface area contributed by atoms with Crippen LogP contribution in [0.2, 0.25) is 0 Å². The zero-order chi connectivity index (χ0) is 14.8. The van der Waals surface area contributed by atoms with Crippen LogP contribution in [0.1, 0.15) is 65.7 Å². The van der Waals surface area contributed by atoms with E-state index in [0.717, 1.165) is 13.0 Å². The van der Waals surface area contributed by atoms with Crippen LogP contribution in [0.5, 0.6) is 0 Å². The molecule has 3 unspecified atom stereocenters. The predicted molar refractivity (Wildman–Crippen MR) is 85.7 cm³/mol. The van der Waals surface area contributed by atoms with Crippen molar-refractivity contribution in [1.82, 2.24) is 5.32 Å². The summed E-state index contributed by atoms with van der Waals surface area (Å²) >= 11 is 0. The summed E-state index contributed by atoms with van der Waals surface area (Å²) in [7, 11) is 0. The lowest BCUT2D eigenvalue weighted by Gasteiger charge is -2.39. The van der Waals surface area contributed by atoms with Gasteiger partial charge in [-0.1, -0.05) is 31.9 Å². The van der Waals surface area contributed by atoms with Crippen molar-refractivity contribution < 1.29 is 9.59 Å². The number of rotatable bonds is 10. The van der Waals surface area contributed by atoms with Crippen LogP contribution >= 0.6 is 0 Å². The van der Waals surface area contributed by atoms with Crippen LogP contribution in [0.25, 0.3) is 0 Å². The fourth-order valence-corrected chi connectivity index (χ4v) is 2.99. The maximum absolute atomic E-state index is 10.1. The molecule has 2 N–H and O–H groups in total. The molecule has 0 aromatic rings. The number of nitrogens with zero attached hydrogens (tertiary/aromatic N) is 1. The lowest BCUT2D eigenvalue weighted by Crippen LogP contribution is -2.57. The van der Waals surface area contributed by atoms with Gasteiger partial charge in [-0.2, -0.15) is 0 Å². The first kappa shape index (κ1) is 17.3. The smallest absolute Gasteiger partial charge is 0.193 e. The van der Waals surface area contributed by atoms with Crippen LogP contribution in [0.15, 0.2) is 24.6 Å². The van der Waals surface area contributed by atoms with Crippen molar-refractivity contribution in [2.24, 2.45) is 0 Å². The quantitative estimate of drug-likeness (QED) is 0.362. The lowest BCUT2D eigenvalue weighted by atomic mass is 10.1. The molecule has 20 heavy (non-hydrogen) atoms. The Bertz CT molecular complexity index is 312. The van der Waals surface area contributed by atoms with Gasteiger partial charge < -0.3 is 10.4 Å². The van der Waals surface area contributed by atoms with Gasteiger partial charge in [0.1, 0.15) is 6.20 Å². The second kappa shape index (κ2) is 9.19. The molecule has 0 saturated heterocycles. The maximum Gasteiger partial charge on any atom is 0.193 e. The average molecular weight is 281 g/mol. The molecule has 3 nitrogen and oxygen atoms in total. The summed E-state index contributed by atoms with van der Waals surface area (Å²) in [6, 6.07) is 0. The highest BCUT2D eigenvalue weighted by Gasteiger charge is 2.40. The van der Waals surface area contributed by atoms with Crippen LogP contribution in [-0.2, 0) is 0 Å². The van der Waals surface area contributed by atoms with E-state index in [1.54, 1.807) is 0 Å². The Hall–Kier alpha value is -0.800. The standard InChI is InChI=1S/C17H33N2O/c1-4-6-7-8-9-10-11-12-13-17-18-14-15-19(17,5-2)16(3)20/h8-9,14-18,20H,4-7,10-13H2,1-3H3/q+1/b9-8+. The van der Waals surface area contributed by atoms with Crippen molar-refractivity contribution in [3.8, 4) is 0 Å². The second-order valence-corrected chi connectivity index (χ2v) is 5.84. The minimum absolute atomic E-state index is 0.337. The Labute approximate surface area is 125 Å². The zero-order valence-electron chi connectivity index (χ0n) is 13.5.